The second-order valence-electron chi connectivity index (χ2n) is 24.9. The van der Waals surface area contributed by atoms with Crippen molar-refractivity contribution < 1.29 is 13.2 Å². The molecule has 0 radical (unpaired) electrons. The number of halogens is 3. The third-order valence-corrected chi connectivity index (χ3v) is 19.2. The molecule has 0 aliphatic heterocycles. The van der Waals surface area contributed by atoms with Crippen LogP contribution in [0.15, 0.2) is 218 Å². The first-order valence-electron chi connectivity index (χ1n) is 31.3. The van der Waals surface area contributed by atoms with Gasteiger partial charge in [-0.05, 0) is 208 Å². The van der Waals surface area contributed by atoms with Gasteiger partial charge in [-0.2, -0.15) is 29.0 Å². The Morgan fingerprint density at radius 2 is 0.532 bits per heavy atom. The first-order valence-corrected chi connectivity index (χ1v) is 31.3. The van der Waals surface area contributed by atoms with Crippen LogP contribution in [0.3, 0.4) is 0 Å². The molecule has 7 nitrogen and oxygen atoms in total. The van der Waals surface area contributed by atoms with E-state index < -0.39 is 11.7 Å². The lowest BCUT2D eigenvalue weighted by atomic mass is 9.97. The van der Waals surface area contributed by atoms with Crippen LogP contribution < -0.4 is 0 Å². The van der Waals surface area contributed by atoms with Gasteiger partial charge in [0.2, 0.25) is 0 Å². The number of alkyl halides is 3. The summed E-state index contributed by atoms with van der Waals surface area (Å²) in [5.41, 5.74) is 22.3. The predicted molar refractivity (Wildman–Crippen MR) is 378 cm³/mol. The van der Waals surface area contributed by atoms with Crippen molar-refractivity contribution in [3.05, 3.63) is 285 Å². The van der Waals surface area contributed by atoms with Gasteiger partial charge < -0.3 is 18.3 Å². The minimum Gasteiger partial charge on any atom is -0.309 e. The first kappa shape index (κ1) is 58.5. The molecule has 16 rings (SSSR count). The van der Waals surface area contributed by atoms with E-state index in [1.807, 2.05) is 135 Å². The Balaban J connectivity index is 0.000000155. The smallest absolute Gasteiger partial charge is 0.309 e. The summed E-state index contributed by atoms with van der Waals surface area (Å²) < 4.78 is 54.9. The van der Waals surface area contributed by atoms with Crippen LogP contribution in [0.1, 0.15) is 66.8 Å². The molecule has 0 aliphatic carbocycles. The van der Waals surface area contributed by atoms with Gasteiger partial charge >= 0.3 is 6.18 Å². The fourth-order valence-corrected chi connectivity index (χ4v) is 15.1. The van der Waals surface area contributed by atoms with Crippen molar-refractivity contribution in [3.8, 4) is 63.2 Å². The lowest BCUT2D eigenvalue weighted by molar-refractivity contribution is -0.137. The zero-order valence-electron chi connectivity index (χ0n) is 53.0. The highest BCUT2D eigenvalue weighted by atomic mass is 19.4. The number of hydrogen-bond donors (Lipinski definition) is 0. The van der Waals surface area contributed by atoms with Crippen LogP contribution in [0.5, 0.6) is 0 Å². The average molecular weight is 1220 g/mol. The Labute approximate surface area is 541 Å². The maximum Gasteiger partial charge on any atom is 0.418 e. The van der Waals surface area contributed by atoms with Gasteiger partial charge in [-0.25, -0.2) is 0 Å². The van der Waals surface area contributed by atoms with Crippen LogP contribution in [0.2, 0.25) is 0 Å². The van der Waals surface area contributed by atoms with E-state index in [0.717, 1.165) is 99.4 Å². The Kier molecular flexibility index (Phi) is 13.8. The van der Waals surface area contributed by atoms with E-state index in [2.05, 4.69) is 140 Å². The number of hydrogen-bond acceptors (Lipinski definition) is 3. The molecule has 10 heteroatoms. The Hall–Kier alpha value is -11.9. The molecule has 12 aromatic carbocycles. The normalized spacial score (nSPS) is 11.7. The molecule has 0 aliphatic rings. The van der Waals surface area contributed by atoms with Crippen LogP contribution in [0.25, 0.3) is 132 Å². The first-order chi connectivity index (χ1) is 45.5. The van der Waals surface area contributed by atoms with Crippen molar-refractivity contribution in [2.45, 2.75) is 61.6 Å². The molecule has 0 N–H and O–H groups in total. The SMILES string of the molecule is Cc1cccc2c1c1c(C)cccc1n2-c1cc(-c2cccc(C#N)c2)c(-n2c3cccc(C)c3c3c(C)cccc32)cc1C#N.Cc1cccc2c1c1c(C)cccc1n2-c1cc(C(F)(F)F)c(-n2c3cccc(C)c3c3c(C)cccc32)cc1-c1cccc(C#N)c1. The zero-order chi connectivity index (χ0) is 65.2. The van der Waals surface area contributed by atoms with Gasteiger partial charge in [0.15, 0.2) is 0 Å². The van der Waals surface area contributed by atoms with Crippen LogP contribution in [0, 0.1) is 89.4 Å². The third-order valence-electron chi connectivity index (χ3n) is 19.2. The number of aromatic nitrogens is 4. The van der Waals surface area contributed by atoms with Gasteiger partial charge in [-0.1, -0.05) is 121 Å². The summed E-state index contributed by atoms with van der Waals surface area (Å²) in [6, 6.07) is 78.2. The minimum atomic E-state index is -4.68. The fraction of sp³-hybridized carbons (Fsp3) is 0.107. The topological polar surface area (TPSA) is 91.1 Å². The van der Waals surface area contributed by atoms with Gasteiger partial charge in [0.1, 0.15) is 6.07 Å². The van der Waals surface area contributed by atoms with Crippen molar-refractivity contribution in [2.75, 3.05) is 0 Å². The average Bonchev–Trinajstić information content (AvgIpc) is 1.52. The monoisotopic (exact) mass is 1220 g/mol. The summed E-state index contributed by atoms with van der Waals surface area (Å²) in [4.78, 5) is 0. The van der Waals surface area contributed by atoms with E-state index in [1.165, 1.54) is 49.9 Å². The number of nitriles is 3. The summed E-state index contributed by atoms with van der Waals surface area (Å²) >= 11 is 0. The molecule has 0 amide bonds. The molecule has 0 atom stereocenters. The molecule has 4 aromatic heterocycles. The lowest BCUT2D eigenvalue weighted by Gasteiger charge is -2.22. The summed E-state index contributed by atoms with van der Waals surface area (Å²) in [6.07, 6.45) is -4.68. The Bertz CT molecular complexity index is 5820. The van der Waals surface area contributed by atoms with Gasteiger partial charge in [-0.15, -0.1) is 0 Å². The second kappa shape index (κ2) is 22.2. The second-order valence-corrected chi connectivity index (χ2v) is 24.9. The number of aryl methyl sites for hydroxylation is 8. The molecular weight excluding hydrogens is 1160 g/mol. The Morgan fingerprint density at radius 1 is 0.277 bits per heavy atom. The summed E-state index contributed by atoms with van der Waals surface area (Å²) in [5.74, 6) is 0. The van der Waals surface area contributed by atoms with Crippen molar-refractivity contribution in [1.29, 1.82) is 15.8 Å². The van der Waals surface area contributed by atoms with Crippen molar-refractivity contribution in [2.24, 2.45) is 0 Å². The van der Waals surface area contributed by atoms with Crippen LogP contribution in [-0.2, 0) is 6.18 Å². The lowest BCUT2D eigenvalue weighted by Crippen LogP contribution is -2.13. The molecule has 4 heterocycles. The van der Waals surface area contributed by atoms with E-state index in [0.29, 0.717) is 44.5 Å². The van der Waals surface area contributed by atoms with Crippen molar-refractivity contribution >= 4 is 87.2 Å². The van der Waals surface area contributed by atoms with Crippen molar-refractivity contribution in [3.63, 3.8) is 0 Å². The Morgan fingerprint density at radius 3 is 0.809 bits per heavy atom. The van der Waals surface area contributed by atoms with E-state index >= 15 is 13.2 Å². The van der Waals surface area contributed by atoms with E-state index in [1.54, 1.807) is 28.8 Å². The largest absolute Gasteiger partial charge is 0.418 e. The molecule has 0 unspecified atom stereocenters. The highest BCUT2D eigenvalue weighted by Crippen LogP contribution is 2.48. The quantitative estimate of drug-likeness (QED) is 0.166. The third kappa shape index (κ3) is 8.99. The molecule has 94 heavy (non-hydrogen) atoms. The molecular formula is C84H60F3N7. The summed E-state index contributed by atoms with van der Waals surface area (Å²) in [6.45, 7) is 16.7. The van der Waals surface area contributed by atoms with E-state index in [4.69, 9.17) is 0 Å². The molecule has 0 spiro atoms. The number of fused-ring (bicyclic) bond motifs is 12. The minimum absolute atomic E-state index is 0.0351. The van der Waals surface area contributed by atoms with Crippen LogP contribution in [-0.4, -0.2) is 18.3 Å². The summed E-state index contributed by atoms with van der Waals surface area (Å²) in [7, 11) is 0. The van der Waals surface area contributed by atoms with E-state index in [9.17, 15) is 15.8 Å². The fourth-order valence-electron chi connectivity index (χ4n) is 15.1. The maximum atomic E-state index is 15.6. The zero-order valence-corrected chi connectivity index (χ0v) is 53.0. The highest BCUT2D eigenvalue weighted by Gasteiger charge is 2.37. The highest BCUT2D eigenvalue weighted by molar-refractivity contribution is 6.16. The summed E-state index contributed by atoms with van der Waals surface area (Å²) in [5, 5.41) is 39.3. The van der Waals surface area contributed by atoms with Crippen LogP contribution >= 0.6 is 0 Å². The molecule has 0 saturated heterocycles. The molecule has 452 valence electrons. The standard InChI is InChI=1S/C42H30F3N3.C42H30N4/c1-24-10-5-16-32-38(24)39-25(2)11-6-17-33(39)47(32)36-22-31(42(43,44)45)37(21-30(36)29-15-9-14-28(20-29)23-46)48-34-18-7-12-26(3)40(34)41-27(4)13-8-19-35(41)48;1-25-10-5-16-33-39(25)40-26(2)11-6-17-34(40)45(33)37-22-32(30-15-9-14-29(20-30)23-43)38(21-31(37)24-44)46-35-18-7-12-27(3)41(35)42-28(4)13-8-19-36(42)46/h5-22H,1-4H3;5-22H,1-4H3. The maximum absolute atomic E-state index is 15.6. The molecule has 16 aromatic rings. The van der Waals surface area contributed by atoms with E-state index in [-0.39, 0.29) is 5.69 Å². The molecule has 0 bridgehead atoms. The number of rotatable bonds is 6. The van der Waals surface area contributed by atoms with Gasteiger partial charge in [0.05, 0.1) is 101 Å². The van der Waals surface area contributed by atoms with Crippen molar-refractivity contribution in [1.82, 2.24) is 18.3 Å². The number of benzene rings is 12. The molecule has 0 saturated carbocycles. The predicted octanol–water partition coefficient (Wildman–Crippen LogP) is 22.2. The van der Waals surface area contributed by atoms with Gasteiger partial charge in [0.25, 0.3) is 0 Å². The van der Waals surface area contributed by atoms with Crippen LogP contribution in [0.4, 0.5) is 13.2 Å². The van der Waals surface area contributed by atoms with Gasteiger partial charge in [0, 0.05) is 54.2 Å². The molecule has 0 fully saturated rings. The number of nitrogens with zero attached hydrogens (tertiary/aromatic N) is 7. The van der Waals surface area contributed by atoms with Gasteiger partial charge in [-0.3, -0.25) is 0 Å².